The molecule has 0 spiro atoms. The van der Waals surface area contributed by atoms with Gasteiger partial charge in [0.25, 0.3) is 0 Å². The van der Waals surface area contributed by atoms with Gasteiger partial charge in [0.1, 0.15) is 0 Å². The van der Waals surface area contributed by atoms with Gasteiger partial charge in [0.15, 0.2) is 0 Å². The van der Waals surface area contributed by atoms with E-state index in [1.807, 2.05) is 4.90 Å². The molecule has 1 aromatic carbocycles. The third-order valence-corrected chi connectivity index (χ3v) is 4.97. The molecule has 0 radical (unpaired) electrons. The number of amides is 2. The molecule has 0 atom stereocenters. The standard InChI is InChI=1S/C18H26N2O/c21-18(19-12-10-15-6-2-1-3-7-15)20-13-11-16-8-4-5-9-17(16)14-20/h4-5,8-9,15H,1-3,6-7,10-14H2,(H,19,21). The first-order valence-corrected chi connectivity index (χ1v) is 8.42. The second kappa shape index (κ2) is 6.97. The smallest absolute Gasteiger partial charge is 0.317 e. The molecule has 1 aromatic rings. The van der Waals surface area contributed by atoms with Gasteiger partial charge >= 0.3 is 6.03 Å². The van der Waals surface area contributed by atoms with Crippen molar-refractivity contribution in [2.75, 3.05) is 13.1 Å². The average molecular weight is 286 g/mol. The van der Waals surface area contributed by atoms with Crippen molar-refractivity contribution in [1.29, 1.82) is 0 Å². The number of carbonyl (C=O) groups is 1. The molecule has 3 rings (SSSR count). The number of nitrogens with zero attached hydrogens (tertiary/aromatic N) is 1. The van der Waals surface area contributed by atoms with Crippen molar-refractivity contribution in [3.05, 3.63) is 35.4 Å². The van der Waals surface area contributed by atoms with E-state index in [9.17, 15) is 4.79 Å². The van der Waals surface area contributed by atoms with Crippen LogP contribution in [0, 0.1) is 5.92 Å². The number of urea groups is 1. The highest BCUT2D eigenvalue weighted by molar-refractivity contribution is 5.74. The van der Waals surface area contributed by atoms with Gasteiger partial charge in [0.05, 0.1) is 0 Å². The molecule has 1 heterocycles. The van der Waals surface area contributed by atoms with Crippen LogP contribution in [0.15, 0.2) is 24.3 Å². The molecule has 2 aliphatic rings. The average Bonchev–Trinajstić information content (AvgIpc) is 2.55. The van der Waals surface area contributed by atoms with E-state index in [2.05, 4.69) is 29.6 Å². The summed E-state index contributed by atoms with van der Waals surface area (Å²) in [6.07, 6.45) is 8.99. The molecular formula is C18H26N2O. The molecule has 3 nitrogen and oxygen atoms in total. The Morgan fingerprint density at radius 2 is 1.90 bits per heavy atom. The van der Waals surface area contributed by atoms with Crippen molar-refractivity contribution in [3.63, 3.8) is 0 Å². The van der Waals surface area contributed by atoms with Gasteiger partial charge in [-0.1, -0.05) is 56.4 Å². The lowest BCUT2D eigenvalue weighted by atomic mass is 9.87. The third-order valence-electron chi connectivity index (χ3n) is 4.97. The van der Waals surface area contributed by atoms with Crippen molar-refractivity contribution in [2.45, 2.75) is 51.5 Å². The number of hydrogen-bond acceptors (Lipinski definition) is 1. The Morgan fingerprint density at radius 1 is 1.14 bits per heavy atom. The Bertz CT molecular complexity index is 480. The summed E-state index contributed by atoms with van der Waals surface area (Å²) in [6.45, 7) is 2.43. The Hall–Kier alpha value is -1.51. The van der Waals surface area contributed by atoms with Crippen LogP contribution in [0.2, 0.25) is 0 Å². The van der Waals surface area contributed by atoms with Gasteiger partial charge in [-0.15, -0.1) is 0 Å². The molecule has 3 heteroatoms. The fourth-order valence-electron chi connectivity index (χ4n) is 3.64. The predicted molar refractivity (Wildman–Crippen MR) is 85.1 cm³/mol. The summed E-state index contributed by atoms with van der Waals surface area (Å²) >= 11 is 0. The minimum absolute atomic E-state index is 0.111. The quantitative estimate of drug-likeness (QED) is 0.902. The Labute approximate surface area is 127 Å². The van der Waals surface area contributed by atoms with E-state index in [0.29, 0.717) is 0 Å². The summed E-state index contributed by atoms with van der Waals surface area (Å²) in [5.41, 5.74) is 2.69. The highest BCUT2D eigenvalue weighted by Crippen LogP contribution is 2.25. The van der Waals surface area contributed by atoms with E-state index in [1.165, 1.54) is 43.2 Å². The predicted octanol–water partition coefficient (Wildman–Crippen LogP) is 3.72. The van der Waals surface area contributed by atoms with Crippen LogP contribution in [0.5, 0.6) is 0 Å². The molecule has 0 bridgehead atoms. The summed E-state index contributed by atoms with van der Waals surface area (Å²) in [5.74, 6) is 0.834. The van der Waals surface area contributed by atoms with Crippen molar-refractivity contribution < 1.29 is 4.79 Å². The van der Waals surface area contributed by atoms with Crippen molar-refractivity contribution in [3.8, 4) is 0 Å². The molecule has 2 amide bonds. The lowest BCUT2D eigenvalue weighted by molar-refractivity contribution is 0.191. The zero-order valence-electron chi connectivity index (χ0n) is 12.8. The number of carbonyl (C=O) groups excluding carboxylic acids is 1. The summed E-state index contributed by atoms with van der Waals surface area (Å²) < 4.78 is 0. The molecule has 0 unspecified atom stereocenters. The maximum Gasteiger partial charge on any atom is 0.317 e. The van der Waals surface area contributed by atoms with Crippen LogP contribution in [-0.4, -0.2) is 24.0 Å². The van der Waals surface area contributed by atoms with E-state index in [4.69, 9.17) is 0 Å². The molecule has 1 fully saturated rings. The van der Waals surface area contributed by atoms with Crippen molar-refractivity contribution >= 4 is 6.03 Å². The number of fused-ring (bicyclic) bond motifs is 1. The molecule has 1 saturated carbocycles. The minimum Gasteiger partial charge on any atom is -0.338 e. The highest BCUT2D eigenvalue weighted by atomic mass is 16.2. The fraction of sp³-hybridized carbons (Fsp3) is 0.611. The SMILES string of the molecule is O=C(NCCC1CCCCC1)N1CCc2ccccc2C1. The summed E-state index contributed by atoms with van der Waals surface area (Å²) in [6, 6.07) is 8.56. The number of hydrogen-bond donors (Lipinski definition) is 1. The van der Waals surface area contributed by atoms with Crippen LogP contribution >= 0.6 is 0 Å². The van der Waals surface area contributed by atoms with Crippen LogP contribution < -0.4 is 5.32 Å². The van der Waals surface area contributed by atoms with Crippen LogP contribution in [-0.2, 0) is 13.0 Å². The third kappa shape index (κ3) is 3.78. The van der Waals surface area contributed by atoms with Gasteiger partial charge in [-0.2, -0.15) is 0 Å². The molecule has 1 N–H and O–H groups in total. The van der Waals surface area contributed by atoms with Crippen molar-refractivity contribution in [2.24, 2.45) is 5.92 Å². The summed E-state index contributed by atoms with van der Waals surface area (Å²) in [4.78, 5) is 14.2. The Balaban J connectivity index is 1.44. The monoisotopic (exact) mass is 286 g/mol. The normalized spacial score (nSPS) is 19.1. The first-order chi connectivity index (χ1) is 10.3. The number of benzene rings is 1. The van der Waals surface area contributed by atoms with E-state index in [-0.39, 0.29) is 6.03 Å². The largest absolute Gasteiger partial charge is 0.338 e. The molecule has 1 aliphatic heterocycles. The van der Waals surface area contributed by atoms with E-state index >= 15 is 0 Å². The van der Waals surface area contributed by atoms with E-state index in [0.717, 1.165) is 38.4 Å². The van der Waals surface area contributed by atoms with Gasteiger partial charge in [0, 0.05) is 19.6 Å². The van der Waals surface area contributed by atoms with Gasteiger partial charge in [-0.25, -0.2) is 4.79 Å². The summed E-state index contributed by atoms with van der Waals surface area (Å²) in [5, 5.41) is 3.12. The lowest BCUT2D eigenvalue weighted by Gasteiger charge is -2.29. The second-order valence-electron chi connectivity index (χ2n) is 6.46. The number of rotatable bonds is 3. The lowest BCUT2D eigenvalue weighted by Crippen LogP contribution is -2.43. The molecule has 0 saturated heterocycles. The molecule has 21 heavy (non-hydrogen) atoms. The topological polar surface area (TPSA) is 32.3 Å². The van der Waals surface area contributed by atoms with Crippen LogP contribution in [0.3, 0.4) is 0 Å². The Morgan fingerprint density at radius 3 is 2.71 bits per heavy atom. The molecule has 1 aliphatic carbocycles. The van der Waals surface area contributed by atoms with Gasteiger partial charge < -0.3 is 10.2 Å². The zero-order valence-corrected chi connectivity index (χ0v) is 12.8. The first-order valence-electron chi connectivity index (χ1n) is 8.42. The Kier molecular flexibility index (Phi) is 4.79. The fourth-order valence-corrected chi connectivity index (χ4v) is 3.64. The minimum atomic E-state index is 0.111. The highest BCUT2D eigenvalue weighted by Gasteiger charge is 2.20. The maximum atomic E-state index is 12.3. The van der Waals surface area contributed by atoms with E-state index < -0.39 is 0 Å². The zero-order chi connectivity index (χ0) is 14.5. The van der Waals surface area contributed by atoms with Crippen molar-refractivity contribution in [1.82, 2.24) is 10.2 Å². The second-order valence-corrected chi connectivity index (χ2v) is 6.46. The van der Waals surface area contributed by atoms with Crippen LogP contribution in [0.1, 0.15) is 49.7 Å². The first kappa shape index (κ1) is 14.4. The van der Waals surface area contributed by atoms with Gasteiger partial charge in [-0.05, 0) is 29.9 Å². The molecule has 114 valence electrons. The van der Waals surface area contributed by atoms with Crippen LogP contribution in [0.4, 0.5) is 4.79 Å². The maximum absolute atomic E-state index is 12.3. The molecule has 0 aromatic heterocycles. The van der Waals surface area contributed by atoms with E-state index in [1.54, 1.807) is 0 Å². The van der Waals surface area contributed by atoms with Gasteiger partial charge in [-0.3, -0.25) is 0 Å². The summed E-state index contributed by atoms with van der Waals surface area (Å²) in [7, 11) is 0. The molecular weight excluding hydrogens is 260 g/mol. The van der Waals surface area contributed by atoms with Crippen LogP contribution in [0.25, 0.3) is 0 Å². The van der Waals surface area contributed by atoms with Gasteiger partial charge in [0.2, 0.25) is 0 Å². The number of nitrogens with one attached hydrogen (secondary N) is 1.